The molecule has 0 radical (unpaired) electrons. The van der Waals surface area contributed by atoms with Crippen molar-refractivity contribution >= 4 is 21.1 Å². The maximum Gasteiger partial charge on any atom is 0.419 e. The summed E-state index contributed by atoms with van der Waals surface area (Å²) in [5.74, 6) is -0.514. The lowest BCUT2D eigenvalue weighted by Gasteiger charge is -2.29. The lowest BCUT2D eigenvalue weighted by molar-refractivity contribution is -0.884. The third-order valence-corrected chi connectivity index (χ3v) is 5.31. The third-order valence-electron chi connectivity index (χ3n) is 3.94. The van der Waals surface area contributed by atoms with Crippen LogP contribution >= 0.6 is 0 Å². The lowest BCUT2D eigenvalue weighted by Crippen LogP contribution is -3.12. The van der Waals surface area contributed by atoms with E-state index in [-0.39, 0.29) is 10.5 Å². The Labute approximate surface area is 127 Å². The summed E-state index contributed by atoms with van der Waals surface area (Å²) in [5.41, 5.74) is 0.824. The first-order valence-corrected chi connectivity index (χ1v) is 8.53. The van der Waals surface area contributed by atoms with Crippen LogP contribution < -0.4 is 15.5 Å². The van der Waals surface area contributed by atoms with Crippen LogP contribution in [0.5, 0.6) is 0 Å². The maximum absolute atomic E-state index is 12.4. The molecular weight excluding hydrogens is 308 g/mol. The fourth-order valence-electron chi connectivity index (χ4n) is 2.48. The predicted octanol–water partition coefficient (Wildman–Crippen LogP) is -1.84. The topological polar surface area (TPSA) is 89.0 Å². The molecule has 1 aliphatic rings. The van der Waals surface area contributed by atoms with Gasteiger partial charge in [-0.1, -0.05) is 0 Å². The summed E-state index contributed by atoms with van der Waals surface area (Å²) in [7, 11) is -0.0200. The number of aryl methyl sites for hydroxylation is 1. The zero-order valence-electron chi connectivity index (χ0n) is 12.5. The Morgan fingerprint density at radius 3 is 2.64 bits per heavy atom. The number of nitrogens with zero attached hydrogens (tertiary/aromatic N) is 2. The normalized spacial score (nSPS) is 18.1. The minimum absolute atomic E-state index is 0.0839. The van der Waals surface area contributed by atoms with Gasteiger partial charge in [0.05, 0.1) is 43.6 Å². The highest BCUT2D eigenvalue weighted by Gasteiger charge is 2.23. The van der Waals surface area contributed by atoms with Crippen LogP contribution in [0, 0.1) is 0 Å². The molecule has 0 unspecified atom stereocenters. The van der Waals surface area contributed by atoms with Gasteiger partial charge in [-0.3, -0.25) is 4.57 Å². The molecule has 120 valence electrons. The maximum atomic E-state index is 12.4. The summed E-state index contributed by atoms with van der Waals surface area (Å²) in [5, 5.41) is 1.70. The first-order valence-electron chi connectivity index (χ1n) is 7.05. The number of hydrogen-bond donors (Lipinski definition) is 2. The molecule has 2 aromatic rings. The number of nitrogens with one attached hydrogen (secondary N) is 2. The van der Waals surface area contributed by atoms with Crippen LogP contribution in [-0.2, 0) is 17.1 Å². The van der Waals surface area contributed by atoms with Gasteiger partial charge in [0, 0.05) is 13.1 Å². The molecule has 9 heteroatoms. The van der Waals surface area contributed by atoms with Gasteiger partial charge in [0.2, 0.25) is 0 Å². The molecule has 3 rings (SSSR count). The molecule has 2 heterocycles. The van der Waals surface area contributed by atoms with Gasteiger partial charge < -0.3 is 9.32 Å². The van der Waals surface area contributed by atoms with Crippen molar-refractivity contribution in [3.63, 3.8) is 0 Å². The Balaban J connectivity index is 1.87. The molecule has 0 spiro atoms. The molecule has 0 aliphatic carbocycles. The predicted molar refractivity (Wildman–Crippen MR) is 80.0 cm³/mol. The number of hydrazine groups is 1. The van der Waals surface area contributed by atoms with E-state index in [1.54, 1.807) is 18.1 Å². The Hall–Kier alpha value is -1.68. The van der Waals surface area contributed by atoms with Gasteiger partial charge in [0.25, 0.3) is 10.0 Å². The van der Waals surface area contributed by atoms with E-state index >= 15 is 0 Å². The Morgan fingerprint density at radius 2 is 1.95 bits per heavy atom. The third kappa shape index (κ3) is 2.80. The number of oxazole rings is 1. The van der Waals surface area contributed by atoms with Crippen molar-refractivity contribution in [2.75, 3.05) is 33.2 Å². The van der Waals surface area contributed by atoms with Crippen LogP contribution in [0.3, 0.4) is 0 Å². The Kier molecular flexibility index (Phi) is 3.81. The Bertz CT molecular complexity index is 847. The van der Waals surface area contributed by atoms with Crippen molar-refractivity contribution in [3.8, 4) is 0 Å². The van der Waals surface area contributed by atoms with Crippen LogP contribution in [0.1, 0.15) is 0 Å². The zero-order valence-corrected chi connectivity index (χ0v) is 13.3. The average Bonchev–Trinajstić information content (AvgIpc) is 2.76. The van der Waals surface area contributed by atoms with E-state index in [4.69, 9.17) is 4.42 Å². The molecule has 0 bridgehead atoms. The molecule has 1 fully saturated rings. The standard InChI is InChI=1S/C13H18N4O4S/c1-15-5-7-17(8-6-15)14-22(19,20)10-3-4-11-12(9-10)21-13(18)16(11)2/h3-4,9,14H,5-8H2,1-2H3/p+1. The number of aromatic nitrogens is 1. The van der Waals surface area contributed by atoms with E-state index < -0.39 is 15.8 Å². The van der Waals surface area contributed by atoms with Gasteiger partial charge in [-0.2, -0.15) is 0 Å². The number of fused-ring (bicyclic) bond motifs is 1. The van der Waals surface area contributed by atoms with Gasteiger partial charge >= 0.3 is 5.76 Å². The van der Waals surface area contributed by atoms with Gasteiger partial charge in [0.1, 0.15) is 0 Å². The highest BCUT2D eigenvalue weighted by molar-refractivity contribution is 7.89. The lowest BCUT2D eigenvalue weighted by atomic mass is 10.3. The number of rotatable bonds is 3. The smallest absolute Gasteiger partial charge is 0.408 e. The van der Waals surface area contributed by atoms with Crippen LogP contribution in [0.2, 0.25) is 0 Å². The number of benzene rings is 1. The largest absolute Gasteiger partial charge is 0.419 e. The summed E-state index contributed by atoms with van der Waals surface area (Å²) in [6.07, 6.45) is 0. The van der Waals surface area contributed by atoms with E-state index in [1.165, 1.54) is 21.6 Å². The zero-order chi connectivity index (χ0) is 15.9. The summed E-state index contributed by atoms with van der Waals surface area (Å²) < 4.78 is 31.2. The van der Waals surface area contributed by atoms with Crippen molar-refractivity contribution < 1.29 is 17.7 Å². The Morgan fingerprint density at radius 1 is 1.27 bits per heavy atom. The fraction of sp³-hybridized carbons (Fsp3) is 0.462. The highest BCUT2D eigenvalue weighted by Crippen LogP contribution is 2.18. The van der Waals surface area contributed by atoms with Crippen molar-refractivity contribution in [3.05, 3.63) is 28.7 Å². The molecule has 2 N–H and O–H groups in total. The minimum atomic E-state index is -3.68. The summed E-state index contributed by atoms with van der Waals surface area (Å²) in [6.45, 7) is 3.09. The van der Waals surface area contributed by atoms with Crippen molar-refractivity contribution in [1.29, 1.82) is 0 Å². The summed E-state index contributed by atoms with van der Waals surface area (Å²) in [6, 6.07) is 4.42. The van der Waals surface area contributed by atoms with Gasteiger partial charge in [-0.15, -0.1) is 4.83 Å². The first-order chi connectivity index (χ1) is 10.4. The number of likely N-dealkylation sites (N-methyl/N-ethyl adjacent to an activating group) is 1. The first kappa shape index (κ1) is 15.2. The van der Waals surface area contributed by atoms with Crippen LogP contribution in [-0.4, -0.2) is 51.2 Å². The fourth-order valence-corrected chi connectivity index (χ4v) is 3.62. The van der Waals surface area contributed by atoms with Gasteiger partial charge in [0.15, 0.2) is 5.58 Å². The van der Waals surface area contributed by atoms with Crippen LogP contribution in [0.4, 0.5) is 0 Å². The quantitative estimate of drug-likeness (QED) is 0.691. The average molecular weight is 327 g/mol. The molecule has 1 aliphatic heterocycles. The number of quaternary nitrogens is 1. The molecule has 0 saturated carbocycles. The molecule has 1 aromatic heterocycles. The SMILES string of the molecule is Cn1c(=O)oc2cc(S(=O)(=O)NN3CC[NH+](C)CC3)ccc21. The monoisotopic (exact) mass is 327 g/mol. The van der Waals surface area contributed by atoms with E-state index in [1.807, 2.05) is 0 Å². The molecule has 0 amide bonds. The highest BCUT2D eigenvalue weighted by atomic mass is 32.2. The second kappa shape index (κ2) is 5.51. The number of hydrogen-bond acceptors (Lipinski definition) is 5. The van der Waals surface area contributed by atoms with Gasteiger partial charge in [-0.25, -0.2) is 18.2 Å². The van der Waals surface area contributed by atoms with E-state index in [2.05, 4.69) is 11.9 Å². The van der Waals surface area contributed by atoms with E-state index in [0.717, 1.165) is 13.1 Å². The summed E-state index contributed by atoms with van der Waals surface area (Å²) in [4.78, 5) is 15.5. The van der Waals surface area contributed by atoms with Crippen LogP contribution in [0.15, 0.2) is 32.3 Å². The molecule has 0 atom stereocenters. The molecular formula is C13H19N4O4S+. The van der Waals surface area contributed by atoms with Crippen molar-refractivity contribution in [2.45, 2.75) is 4.90 Å². The van der Waals surface area contributed by atoms with E-state index in [0.29, 0.717) is 18.6 Å². The number of sulfonamides is 1. The van der Waals surface area contributed by atoms with Crippen molar-refractivity contribution in [2.24, 2.45) is 7.05 Å². The van der Waals surface area contributed by atoms with E-state index in [9.17, 15) is 13.2 Å². The van der Waals surface area contributed by atoms with Gasteiger partial charge in [-0.05, 0) is 12.1 Å². The number of piperazine rings is 1. The van der Waals surface area contributed by atoms with Crippen LogP contribution in [0.25, 0.3) is 11.1 Å². The molecule has 8 nitrogen and oxygen atoms in total. The second-order valence-electron chi connectivity index (χ2n) is 5.60. The minimum Gasteiger partial charge on any atom is -0.408 e. The summed E-state index contributed by atoms with van der Waals surface area (Å²) >= 11 is 0. The van der Waals surface area contributed by atoms with Crippen molar-refractivity contribution in [1.82, 2.24) is 14.4 Å². The molecule has 22 heavy (non-hydrogen) atoms. The molecule has 1 saturated heterocycles. The second-order valence-corrected chi connectivity index (χ2v) is 7.26. The molecule has 1 aromatic carbocycles.